The number of fused-ring (bicyclic) bond motifs is 2. The van der Waals surface area contributed by atoms with Crippen LogP contribution in [0.2, 0.25) is 0 Å². The highest BCUT2D eigenvalue weighted by atomic mass is 32.1. The van der Waals surface area contributed by atoms with Crippen LogP contribution in [-0.4, -0.2) is 29.9 Å². The third-order valence-electron chi connectivity index (χ3n) is 7.28. The Hall–Kier alpha value is -1.65. The highest BCUT2D eigenvalue weighted by molar-refractivity contribution is 7.09. The Morgan fingerprint density at radius 1 is 1.14 bits per heavy atom. The molecule has 1 atom stereocenters. The van der Waals surface area contributed by atoms with Gasteiger partial charge in [0, 0.05) is 23.9 Å². The molecule has 148 valence electrons. The summed E-state index contributed by atoms with van der Waals surface area (Å²) in [6.45, 7) is 3.41. The number of benzene rings is 1. The quantitative estimate of drug-likeness (QED) is 0.788. The number of amides is 1. The minimum absolute atomic E-state index is 0.261. The molecule has 0 bridgehead atoms. The van der Waals surface area contributed by atoms with Gasteiger partial charge in [-0.25, -0.2) is 0 Å². The first-order valence-corrected chi connectivity index (χ1v) is 11.7. The van der Waals surface area contributed by atoms with Crippen molar-refractivity contribution in [2.75, 3.05) is 13.1 Å². The van der Waals surface area contributed by atoms with Crippen LogP contribution in [0.1, 0.15) is 66.9 Å². The molecule has 1 aromatic heterocycles. The molecule has 5 rings (SSSR count). The molecule has 1 N–H and O–H groups in total. The van der Waals surface area contributed by atoms with E-state index in [1.54, 1.807) is 0 Å². The Kier molecular flexibility index (Phi) is 5.02. The third kappa shape index (κ3) is 3.53. The Labute approximate surface area is 172 Å². The first-order valence-electron chi connectivity index (χ1n) is 10.9. The SMILES string of the molecule is O=C(C[C@@H]1CC2(CCN(Cc3cccs3)CC2)c2ccccc21)NC1CCC1. The highest BCUT2D eigenvalue weighted by Gasteiger charge is 2.45. The van der Waals surface area contributed by atoms with Gasteiger partial charge in [0.25, 0.3) is 0 Å². The molecule has 0 radical (unpaired) electrons. The van der Waals surface area contributed by atoms with Gasteiger partial charge in [0.15, 0.2) is 0 Å². The second-order valence-electron chi connectivity index (χ2n) is 9.02. The number of rotatable bonds is 5. The monoisotopic (exact) mass is 394 g/mol. The van der Waals surface area contributed by atoms with Crippen molar-refractivity contribution in [2.24, 2.45) is 0 Å². The summed E-state index contributed by atoms with van der Waals surface area (Å²) in [6, 6.07) is 13.8. The lowest BCUT2D eigenvalue weighted by Crippen LogP contribution is -2.41. The molecule has 2 aliphatic carbocycles. The second-order valence-corrected chi connectivity index (χ2v) is 10.1. The van der Waals surface area contributed by atoms with Crippen LogP contribution < -0.4 is 5.32 Å². The molecule has 3 aliphatic rings. The fraction of sp³-hybridized carbons (Fsp3) is 0.542. The summed E-state index contributed by atoms with van der Waals surface area (Å²) in [6.07, 6.45) is 7.84. The summed E-state index contributed by atoms with van der Waals surface area (Å²) in [7, 11) is 0. The lowest BCUT2D eigenvalue weighted by Gasteiger charge is -2.40. The van der Waals surface area contributed by atoms with Gasteiger partial charge in [-0.2, -0.15) is 0 Å². The van der Waals surface area contributed by atoms with Gasteiger partial charge >= 0.3 is 0 Å². The number of thiophene rings is 1. The summed E-state index contributed by atoms with van der Waals surface area (Å²) in [5.74, 6) is 0.650. The zero-order valence-electron chi connectivity index (χ0n) is 16.5. The number of piperidine rings is 1. The highest BCUT2D eigenvalue weighted by Crippen LogP contribution is 2.52. The number of nitrogens with one attached hydrogen (secondary N) is 1. The van der Waals surface area contributed by atoms with Crippen molar-refractivity contribution in [3.63, 3.8) is 0 Å². The number of nitrogens with zero attached hydrogens (tertiary/aromatic N) is 1. The summed E-state index contributed by atoms with van der Waals surface area (Å²) in [5.41, 5.74) is 3.26. The molecule has 3 nitrogen and oxygen atoms in total. The van der Waals surface area contributed by atoms with Crippen LogP contribution in [0.25, 0.3) is 0 Å². The molecule has 1 saturated heterocycles. The Morgan fingerprint density at radius 2 is 1.96 bits per heavy atom. The molecule has 28 heavy (non-hydrogen) atoms. The van der Waals surface area contributed by atoms with Gasteiger partial charge in [0.1, 0.15) is 0 Å². The van der Waals surface area contributed by atoms with Crippen LogP contribution in [-0.2, 0) is 16.8 Å². The molecule has 1 aromatic carbocycles. The number of likely N-dealkylation sites (tertiary alicyclic amines) is 1. The molecule has 1 aliphatic heterocycles. The van der Waals surface area contributed by atoms with Crippen molar-refractivity contribution in [1.82, 2.24) is 10.2 Å². The maximum atomic E-state index is 12.6. The van der Waals surface area contributed by atoms with Crippen LogP contribution >= 0.6 is 11.3 Å². The minimum Gasteiger partial charge on any atom is -0.353 e. The van der Waals surface area contributed by atoms with Crippen molar-refractivity contribution >= 4 is 17.2 Å². The number of hydrogen-bond donors (Lipinski definition) is 1. The van der Waals surface area contributed by atoms with Crippen molar-refractivity contribution in [3.8, 4) is 0 Å². The maximum absolute atomic E-state index is 12.6. The van der Waals surface area contributed by atoms with Crippen LogP contribution in [0, 0.1) is 0 Å². The predicted octanol–water partition coefficient (Wildman–Crippen LogP) is 4.83. The standard InChI is InChI=1S/C24H30N2OS/c27-23(25-19-5-3-6-19)15-18-16-24(22-9-2-1-8-21(18)22)10-12-26(13-11-24)17-20-7-4-14-28-20/h1-2,4,7-9,14,18-19H,3,5-6,10-13,15-17H2,(H,25,27)/t18-/m1/s1. The topological polar surface area (TPSA) is 32.3 Å². The van der Waals surface area contributed by atoms with E-state index >= 15 is 0 Å². The number of hydrogen-bond acceptors (Lipinski definition) is 3. The Bertz CT molecular complexity index is 819. The van der Waals surface area contributed by atoms with E-state index in [-0.39, 0.29) is 11.3 Å². The summed E-state index contributed by atoms with van der Waals surface area (Å²) in [4.78, 5) is 16.7. The molecule has 0 unspecified atom stereocenters. The first kappa shape index (κ1) is 18.4. The zero-order valence-corrected chi connectivity index (χ0v) is 17.3. The lowest BCUT2D eigenvalue weighted by atomic mass is 9.73. The molecule has 1 spiro atoms. The van der Waals surface area contributed by atoms with Gasteiger partial charge in [0.2, 0.25) is 5.91 Å². The van der Waals surface area contributed by atoms with Gasteiger partial charge in [0.05, 0.1) is 0 Å². The van der Waals surface area contributed by atoms with Gasteiger partial charge < -0.3 is 5.32 Å². The van der Waals surface area contributed by atoms with Crippen LogP contribution in [0.15, 0.2) is 41.8 Å². The van der Waals surface area contributed by atoms with E-state index in [2.05, 4.69) is 52.0 Å². The predicted molar refractivity (Wildman–Crippen MR) is 115 cm³/mol. The summed E-state index contributed by atoms with van der Waals surface area (Å²) < 4.78 is 0. The molecule has 1 saturated carbocycles. The normalized spacial score (nSPS) is 24.1. The van der Waals surface area contributed by atoms with Crippen LogP contribution in [0.3, 0.4) is 0 Å². The fourth-order valence-corrected chi connectivity index (χ4v) is 6.25. The molecular weight excluding hydrogens is 364 g/mol. The van der Waals surface area contributed by atoms with E-state index in [4.69, 9.17) is 0 Å². The van der Waals surface area contributed by atoms with Gasteiger partial charge in [-0.05, 0) is 85.5 Å². The summed E-state index contributed by atoms with van der Waals surface area (Å²) >= 11 is 1.86. The van der Waals surface area contributed by atoms with Gasteiger partial charge in [-0.1, -0.05) is 30.3 Å². The van der Waals surface area contributed by atoms with E-state index in [1.165, 1.54) is 35.3 Å². The Balaban J connectivity index is 1.27. The first-order chi connectivity index (χ1) is 13.7. The second kappa shape index (κ2) is 7.64. The average molecular weight is 395 g/mol. The summed E-state index contributed by atoms with van der Waals surface area (Å²) in [5, 5.41) is 5.43. The smallest absolute Gasteiger partial charge is 0.220 e. The molecule has 4 heteroatoms. The molecule has 2 aromatic rings. The minimum atomic E-state index is 0.261. The lowest BCUT2D eigenvalue weighted by molar-refractivity contribution is -0.122. The Morgan fingerprint density at radius 3 is 2.68 bits per heavy atom. The van der Waals surface area contributed by atoms with E-state index in [0.29, 0.717) is 18.4 Å². The fourth-order valence-electron chi connectivity index (χ4n) is 5.51. The van der Waals surface area contributed by atoms with Gasteiger partial charge in [-0.3, -0.25) is 9.69 Å². The molecular formula is C24H30N2OS. The number of carbonyl (C=O) groups excluding carboxylic acids is 1. The zero-order chi connectivity index (χ0) is 19.0. The largest absolute Gasteiger partial charge is 0.353 e. The van der Waals surface area contributed by atoms with Crippen molar-refractivity contribution in [2.45, 2.75) is 68.9 Å². The van der Waals surface area contributed by atoms with Crippen molar-refractivity contribution in [1.29, 1.82) is 0 Å². The average Bonchev–Trinajstić information content (AvgIpc) is 3.28. The van der Waals surface area contributed by atoms with Crippen molar-refractivity contribution < 1.29 is 4.79 Å². The molecule has 1 amide bonds. The molecule has 2 fully saturated rings. The van der Waals surface area contributed by atoms with E-state index in [0.717, 1.165) is 38.9 Å². The molecule has 2 heterocycles. The van der Waals surface area contributed by atoms with E-state index in [1.807, 2.05) is 11.3 Å². The van der Waals surface area contributed by atoms with Gasteiger partial charge in [-0.15, -0.1) is 11.3 Å². The third-order valence-corrected chi connectivity index (χ3v) is 8.15. The maximum Gasteiger partial charge on any atom is 0.220 e. The van der Waals surface area contributed by atoms with Crippen LogP contribution in [0.5, 0.6) is 0 Å². The van der Waals surface area contributed by atoms with Crippen LogP contribution in [0.4, 0.5) is 0 Å². The van der Waals surface area contributed by atoms with E-state index in [9.17, 15) is 4.79 Å². The van der Waals surface area contributed by atoms with E-state index < -0.39 is 0 Å². The number of carbonyl (C=O) groups is 1. The van der Waals surface area contributed by atoms with Crippen molar-refractivity contribution in [3.05, 3.63) is 57.8 Å².